The molecule has 0 aliphatic heterocycles. The summed E-state index contributed by atoms with van der Waals surface area (Å²) >= 11 is 0. The molecule has 0 atom stereocenters. The molecule has 1 aromatic carbocycles. The van der Waals surface area contributed by atoms with Crippen LogP contribution in [0.1, 0.15) is 0 Å². The standard InChI is InChI=1S/C10H15NO7S2.Li/c1-17-5-6-18-9-4-3-8(11-19(2,12)13)7-10(9)20(14,15)16;/h3-4,7,11H,5-6H2,1-2H3,(H,14,15,16);/q;+1/p-1. The summed E-state index contributed by atoms with van der Waals surface area (Å²) in [5, 5.41) is 0. The number of methoxy groups -OCH3 is 1. The zero-order valence-corrected chi connectivity index (χ0v) is 13.5. The van der Waals surface area contributed by atoms with Gasteiger partial charge in [-0.3, -0.25) is 4.72 Å². The first-order valence-electron chi connectivity index (χ1n) is 5.33. The first kappa shape index (κ1) is 20.2. The fraction of sp³-hybridized carbons (Fsp3) is 0.400. The Balaban J connectivity index is 0.00000400. The Bertz CT molecular complexity index is 673. The first-order valence-corrected chi connectivity index (χ1v) is 8.63. The number of ether oxygens (including phenoxy) is 2. The molecule has 0 spiro atoms. The van der Waals surface area contributed by atoms with Crippen LogP contribution >= 0.6 is 0 Å². The third-order valence-electron chi connectivity index (χ3n) is 2.06. The van der Waals surface area contributed by atoms with Gasteiger partial charge in [-0.05, 0) is 18.2 Å². The summed E-state index contributed by atoms with van der Waals surface area (Å²) in [7, 11) is -6.94. The molecule has 114 valence electrons. The minimum atomic E-state index is -4.80. The molecule has 0 heterocycles. The van der Waals surface area contributed by atoms with Crippen LogP contribution in [0.4, 0.5) is 5.69 Å². The maximum atomic E-state index is 11.2. The van der Waals surface area contributed by atoms with Crippen molar-refractivity contribution in [3.05, 3.63) is 18.2 Å². The van der Waals surface area contributed by atoms with Crippen molar-refractivity contribution < 1.29 is 49.7 Å². The molecule has 0 radical (unpaired) electrons. The molecule has 0 saturated heterocycles. The van der Waals surface area contributed by atoms with Crippen LogP contribution in [0, 0.1) is 0 Å². The molecule has 0 aliphatic carbocycles. The molecule has 0 aliphatic rings. The maximum Gasteiger partial charge on any atom is 1.00 e. The average molecular weight is 331 g/mol. The van der Waals surface area contributed by atoms with Crippen LogP contribution in [0.2, 0.25) is 0 Å². The van der Waals surface area contributed by atoms with E-state index < -0.39 is 25.0 Å². The van der Waals surface area contributed by atoms with Gasteiger partial charge in [0.25, 0.3) is 0 Å². The van der Waals surface area contributed by atoms with E-state index in [-0.39, 0.29) is 43.5 Å². The van der Waals surface area contributed by atoms with Crippen LogP contribution in [0.5, 0.6) is 5.75 Å². The Kier molecular flexibility index (Phi) is 7.73. The number of benzene rings is 1. The van der Waals surface area contributed by atoms with E-state index >= 15 is 0 Å². The second kappa shape index (κ2) is 8.02. The molecule has 1 N–H and O–H groups in total. The van der Waals surface area contributed by atoms with Crippen LogP contribution in [-0.2, 0) is 24.9 Å². The fourth-order valence-corrected chi connectivity index (χ4v) is 2.53. The number of anilines is 1. The van der Waals surface area contributed by atoms with E-state index in [0.717, 1.165) is 12.3 Å². The van der Waals surface area contributed by atoms with Crippen LogP contribution < -0.4 is 28.3 Å². The summed E-state index contributed by atoms with van der Waals surface area (Å²) in [6.45, 7) is 0.263. The molecule has 0 unspecified atom stereocenters. The minimum absolute atomic E-state index is 0. The topological polar surface area (TPSA) is 122 Å². The molecular formula is C10H14LiNO7S2. The SMILES string of the molecule is COCCOc1ccc(NS(C)(=O)=O)cc1S(=O)(=O)[O-].[Li+]. The van der Waals surface area contributed by atoms with Crippen LogP contribution in [0.15, 0.2) is 23.1 Å². The normalized spacial score (nSPS) is 11.6. The predicted molar refractivity (Wildman–Crippen MR) is 70.2 cm³/mol. The second-order valence-corrected chi connectivity index (χ2v) is 6.93. The Hall–Kier alpha value is -0.763. The van der Waals surface area contributed by atoms with Gasteiger partial charge < -0.3 is 14.0 Å². The average Bonchev–Trinajstić information content (AvgIpc) is 2.27. The predicted octanol–water partition coefficient (Wildman–Crippen LogP) is -3.01. The second-order valence-electron chi connectivity index (χ2n) is 3.83. The van der Waals surface area contributed by atoms with Crippen molar-refractivity contribution in [1.82, 2.24) is 0 Å². The maximum absolute atomic E-state index is 11.2. The Morgan fingerprint density at radius 3 is 2.29 bits per heavy atom. The molecule has 0 aromatic heterocycles. The number of sulfonamides is 1. The molecule has 1 aromatic rings. The molecular weight excluding hydrogens is 317 g/mol. The first-order chi connectivity index (χ1) is 9.13. The third kappa shape index (κ3) is 7.17. The largest absolute Gasteiger partial charge is 1.00 e. The van der Waals surface area contributed by atoms with Crippen LogP contribution in [0.25, 0.3) is 0 Å². The van der Waals surface area contributed by atoms with E-state index in [1.54, 1.807) is 0 Å². The van der Waals surface area contributed by atoms with Gasteiger partial charge in [-0.25, -0.2) is 16.8 Å². The van der Waals surface area contributed by atoms with Gasteiger partial charge in [-0.2, -0.15) is 0 Å². The molecule has 0 saturated carbocycles. The minimum Gasteiger partial charge on any atom is -0.744 e. The number of hydrogen-bond donors (Lipinski definition) is 1. The smallest absolute Gasteiger partial charge is 0.744 e. The summed E-state index contributed by atoms with van der Waals surface area (Å²) < 4.78 is 67.5. The Morgan fingerprint density at radius 2 is 1.81 bits per heavy atom. The Labute approximate surface area is 135 Å². The summed E-state index contributed by atoms with van der Waals surface area (Å²) in [6, 6.07) is 3.40. The van der Waals surface area contributed by atoms with Crippen molar-refractivity contribution in [3.8, 4) is 5.75 Å². The van der Waals surface area contributed by atoms with Crippen LogP contribution in [0.3, 0.4) is 0 Å². The van der Waals surface area contributed by atoms with Gasteiger partial charge in [0.05, 0.1) is 17.8 Å². The quantitative estimate of drug-likeness (QED) is 0.321. The number of nitrogens with one attached hydrogen (secondary N) is 1. The van der Waals surface area contributed by atoms with Gasteiger partial charge in [0.15, 0.2) is 0 Å². The molecule has 0 amide bonds. The summed E-state index contributed by atoms with van der Waals surface area (Å²) in [5.74, 6) is -0.156. The van der Waals surface area contributed by atoms with Crippen molar-refractivity contribution in [2.24, 2.45) is 0 Å². The van der Waals surface area contributed by atoms with Gasteiger partial charge in [-0.1, -0.05) is 0 Å². The van der Waals surface area contributed by atoms with Crippen molar-refractivity contribution >= 4 is 25.8 Å². The molecule has 1 rings (SSSR count). The van der Waals surface area contributed by atoms with Gasteiger partial charge >= 0.3 is 18.9 Å². The van der Waals surface area contributed by atoms with Gasteiger partial charge in [0, 0.05) is 12.8 Å². The molecule has 21 heavy (non-hydrogen) atoms. The van der Waals surface area contributed by atoms with E-state index in [1.165, 1.54) is 19.2 Å². The zero-order chi connectivity index (χ0) is 15.4. The van der Waals surface area contributed by atoms with E-state index in [0.29, 0.717) is 0 Å². The van der Waals surface area contributed by atoms with Gasteiger partial charge in [-0.15, -0.1) is 0 Å². The summed E-state index contributed by atoms with van der Waals surface area (Å²) in [5.41, 5.74) is -0.0407. The molecule has 0 fully saturated rings. The van der Waals surface area contributed by atoms with Gasteiger partial charge in [0.1, 0.15) is 22.5 Å². The molecule has 0 bridgehead atoms. The number of hydrogen-bond acceptors (Lipinski definition) is 7. The summed E-state index contributed by atoms with van der Waals surface area (Å²) in [6.07, 6.45) is 0.904. The van der Waals surface area contributed by atoms with Crippen molar-refractivity contribution in [1.29, 1.82) is 0 Å². The number of rotatable bonds is 7. The van der Waals surface area contributed by atoms with Crippen molar-refractivity contribution in [2.45, 2.75) is 4.90 Å². The zero-order valence-electron chi connectivity index (χ0n) is 11.8. The van der Waals surface area contributed by atoms with E-state index in [1.807, 2.05) is 0 Å². The molecule has 11 heteroatoms. The summed E-state index contributed by atoms with van der Waals surface area (Å²) in [4.78, 5) is -0.637. The van der Waals surface area contributed by atoms with Gasteiger partial charge in [0.2, 0.25) is 10.0 Å². The molecule has 8 nitrogen and oxygen atoms in total. The third-order valence-corrected chi connectivity index (χ3v) is 3.53. The van der Waals surface area contributed by atoms with E-state index in [9.17, 15) is 21.4 Å². The van der Waals surface area contributed by atoms with Crippen molar-refractivity contribution in [2.75, 3.05) is 31.3 Å². The van der Waals surface area contributed by atoms with Crippen molar-refractivity contribution in [3.63, 3.8) is 0 Å². The Morgan fingerprint density at radius 1 is 1.19 bits per heavy atom. The monoisotopic (exact) mass is 331 g/mol. The van der Waals surface area contributed by atoms with E-state index in [2.05, 4.69) is 4.72 Å². The van der Waals surface area contributed by atoms with Crippen LogP contribution in [-0.4, -0.2) is 48.0 Å². The fourth-order valence-electron chi connectivity index (χ4n) is 1.34. The van der Waals surface area contributed by atoms with E-state index in [4.69, 9.17) is 9.47 Å².